The molecule has 3 aromatic rings. The molecule has 2 N–H and O–H groups in total. The number of aryl methyl sites for hydroxylation is 2. The van der Waals surface area contributed by atoms with Crippen molar-refractivity contribution in [1.82, 2.24) is 30.1 Å². The fourth-order valence-electron chi connectivity index (χ4n) is 5.41. The number of tetrazole rings is 1. The van der Waals surface area contributed by atoms with Crippen LogP contribution in [0.1, 0.15) is 87.0 Å². The number of pyridine rings is 1. The van der Waals surface area contributed by atoms with Gasteiger partial charge in [0.1, 0.15) is 0 Å². The number of benzene rings is 1. The summed E-state index contributed by atoms with van der Waals surface area (Å²) >= 11 is 0. The van der Waals surface area contributed by atoms with Gasteiger partial charge in [0.15, 0.2) is 5.82 Å². The molecular weight excluding hydrogens is 428 g/mol. The Bertz CT molecular complexity index is 1160. The Labute approximate surface area is 201 Å². The van der Waals surface area contributed by atoms with Gasteiger partial charge in [0.25, 0.3) is 5.56 Å². The molecule has 0 amide bonds. The maximum absolute atomic E-state index is 13.1. The lowest BCUT2D eigenvalue weighted by Gasteiger charge is -2.34. The third-order valence-corrected chi connectivity index (χ3v) is 7.23. The van der Waals surface area contributed by atoms with E-state index in [9.17, 15) is 9.90 Å². The molecular formula is C26H38N6O2. The molecule has 0 radical (unpaired) electrons. The highest BCUT2D eigenvalue weighted by Crippen LogP contribution is 2.34. The topological polar surface area (TPSA) is 99.9 Å². The molecule has 2 heterocycles. The molecule has 184 valence electrons. The van der Waals surface area contributed by atoms with Crippen molar-refractivity contribution < 1.29 is 5.11 Å². The van der Waals surface area contributed by atoms with Gasteiger partial charge in [-0.15, -0.1) is 5.10 Å². The Kier molecular flexibility index (Phi) is 7.78. The Morgan fingerprint density at radius 3 is 2.62 bits per heavy atom. The van der Waals surface area contributed by atoms with Crippen molar-refractivity contribution in [3.8, 4) is 0 Å². The first-order valence-corrected chi connectivity index (χ1v) is 12.7. The van der Waals surface area contributed by atoms with Crippen LogP contribution in [0.5, 0.6) is 0 Å². The number of rotatable bonds is 9. The predicted molar refractivity (Wildman–Crippen MR) is 134 cm³/mol. The Hall–Kier alpha value is -2.58. The van der Waals surface area contributed by atoms with E-state index in [0.29, 0.717) is 25.6 Å². The Morgan fingerprint density at radius 1 is 1.18 bits per heavy atom. The van der Waals surface area contributed by atoms with Gasteiger partial charge in [-0.1, -0.05) is 45.2 Å². The molecule has 0 spiro atoms. The highest BCUT2D eigenvalue weighted by molar-refractivity contribution is 5.85. The SMILES string of the molecule is Cc1ccc(C)c2[nH]c(=O)c(CN(CCCO)[C@H](c3nnnn3C3CCCCC3)C(C)C)cc12. The number of fused-ring (bicyclic) bond motifs is 1. The summed E-state index contributed by atoms with van der Waals surface area (Å²) in [7, 11) is 0. The minimum atomic E-state index is -0.0652. The Balaban J connectivity index is 1.72. The quantitative estimate of drug-likeness (QED) is 0.490. The van der Waals surface area contributed by atoms with Crippen LogP contribution in [0.2, 0.25) is 0 Å². The number of aliphatic hydroxyl groups excluding tert-OH is 1. The number of aromatic nitrogens is 5. The van der Waals surface area contributed by atoms with Crippen molar-refractivity contribution in [2.75, 3.05) is 13.2 Å². The second-order valence-corrected chi connectivity index (χ2v) is 10.1. The fourth-order valence-corrected chi connectivity index (χ4v) is 5.41. The molecule has 4 rings (SSSR count). The molecule has 0 unspecified atom stereocenters. The normalized spacial score (nSPS) is 16.1. The Morgan fingerprint density at radius 2 is 1.91 bits per heavy atom. The lowest BCUT2D eigenvalue weighted by Crippen LogP contribution is -2.37. The number of hydrogen-bond acceptors (Lipinski definition) is 6. The second-order valence-electron chi connectivity index (χ2n) is 10.1. The fraction of sp³-hybridized carbons (Fsp3) is 0.615. The molecule has 0 saturated heterocycles. The summed E-state index contributed by atoms with van der Waals surface area (Å²) in [4.78, 5) is 18.5. The third kappa shape index (κ3) is 5.08. The highest BCUT2D eigenvalue weighted by Gasteiger charge is 2.32. The van der Waals surface area contributed by atoms with Crippen LogP contribution in [0.25, 0.3) is 10.9 Å². The zero-order chi connectivity index (χ0) is 24.2. The zero-order valence-electron chi connectivity index (χ0n) is 20.9. The number of hydrogen-bond donors (Lipinski definition) is 2. The first-order chi connectivity index (χ1) is 16.4. The van der Waals surface area contributed by atoms with E-state index in [1.54, 1.807) is 0 Å². The van der Waals surface area contributed by atoms with Gasteiger partial charge in [-0.2, -0.15) is 0 Å². The minimum absolute atomic E-state index is 0.0582. The summed E-state index contributed by atoms with van der Waals surface area (Å²) in [6, 6.07) is 6.44. The number of aromatic amines is 1. The van der Waals surface area contributed by atoms with Gasteiger partial charge >= 0.3 is 0 Å². The van der Waals surface area contributed by atoms with E-state index < -0.39 is 0 Å². The molecule has 1 saturated carbocycles. The standard InChI is InChI=1S/C26H38N6O2/c1-17(2)24(25-28-29-30-32(25)21-9-6-5-7-10-21)31(13-8-14-33)16-20-15-22-18(3)11-12-19(4)23(22)27-26(20)34/h11-12,15,17,21,24,33H,5-10,13-14,16H2,1-4H3,(H,27,34)/t24-/m0/s1. The van der Waals surface area contributed by atoms with Crippen molar-refractivity contribution in [2.45, 2.75) is 84.8 Å². The van der Waals surface area contributed by atoms with Crippen molar-refractivity contribution in [2.24, 2.45) is 5.92 Å². The molecule has 8 heteroatoms. The number of nitrogens with one attached hydrogen (secondary N) is 1. The molecule has 0 bridgehead atoms. The van der Waals surface area contributed by atoms with Crippen LogP contribution in [-0.4, -0.2) is 48.3 Å². The summed E-state index contributed by atoms with van der Waals surface area (Å²) in [6.07, 6.45) is 6.50. The van der Waals surface area contributed by atoms with Gasteiger partial charge in [0.05, 0.1) is 17.6 Å². The summed E-state index contributed by atoms with van der Waals surface area (Å²) < 4.78 is 2.04. The van der Waals surface area contributed by atoms with E-state index in [4.69, 9.17) is 0 Å². The first kappa shape index (κ1) is 24.5. The maximum atomic E-state index is 13.1. The number of nitrogens with zero attached hydrogens (tertiary/aromatic N) is 5. The summed E-state index contributed by atoms with van der Waals surface area (Å²) in [5.41, 5.74) is 3.76. The molecule has 1 aromatic carbocycles. The van der Waals surface area contributed by atoms with Gasteiger partial charge in [0, 0.05) is 30.6 Å². The van der Waals surface area contributed by atoms with Gasteiger partial charge in [-0.25, -0.2) is 4.68 Å². The lowest BCUT2D eigenvalue weighted by atomic mass is 9.94. The molecule has 1 aliphatic carbocycles. The van der Waals surface area contributed by atoms with Crippen molar-refractivity contribution >= 4 is 10.9 Å². The first-order valence-electron chi connectivity index (χ1n) is 12.7. The van der Waals surface area contributed by atoms with Gasteiger partial charge in [-0.05, 0) is 66.6 Å². The molecule has 1 aliphatic rings. The van der Waals surface area contributed by atoms with Gasteiger partial charge < -0.3 is 10.1 Å². The largest absolute Gasteiger partial charge is 0.396 e. The van der Waals surface area contributed by atoms with Crippen molar-refractivity contribution in [1.29, 1.82) is 0 Å². The average Bonchev–Trinajstić information content (AvgIpc) is 3.30. The van der Waals surface area contributed by atoms with Crippen LogP contribution < -0.4 is 5.56 Å². The van der Waals surface area contributed by atoms with Crippen molar-refractivity contribution in [3.63, 3.8) is 0 Å². The zero-order valence-corrected chi connectivity index (χ0v) is 20.9. The molecule has 34 heavy (non-hydrogen) atoms. The maximum Gasteiger partial charge on any atom is 0.252 e. The summed E-state index contributed by atoms with van der Waals surface area (Å²) in [5.74, 6) is 1.10. The van der Waals surface area contributed by atoms with Crippen LogP contribution in [0.4, 0.5) is 0 Å². The molecule has 1 fully saturated rings. The molecule has 2 aromatic heterocycles. The number of aliphatic hydroxyl groups is 1. The predicted octanol–water partition coefficient (Wildman–Crippen LogP) is 4.22. The average molecular weight is 467 g/mol. The lowest BCUT2D eigenvalue weighted by molar-refractivity contribution is 0.118. The van der Waals surface area contributed by atoms with Crippen LogP contribution in [0, 0.1) is 19.8 Å². The van der Waals surface area contributed by atoms with E-state index in [-0.39, 0.29) is 24.1 Å². The second kappa shape index (κ2) is 10.8. The van der Waals surface area contributed by atoms with Gasteiger partial charge in [-0.3, -0.25) is 9.69 Å². The highest BCUT2D eigenvalue weighted by atomic mass is 16.3. The minimum Gasteiger partial charge on any atom is -0.396 e. The van der Waals surface area contributed by atoms with E-state index in [2.05, 4.69) is 52.2 Å². The van der Waals surface area contributed by atoms with E-state index in [1.807, 2.05) is 23.7 Å². The van der Waals surface area contributed by atoms with E-state index in [0.717, 1.165) is 46.3 Å². The molecule has 8 nitrogen and oxygen atoms in total. The van der Waals surface area contributed by atoms with Crippen LogP contribution in [0.15, 0.2) is 23.0 Å². The van der Waals surface area contributed by atoms with Crippen LogP contribution >= 0.6 is 0 Å². The smallest absolute Gasteiger partial charge is 0.252 e. The molecule has 0 aliphatic heterocycles. The number of H-pyrrole nitrogens is 1. The summed E-state index contributed by atoms with van der Waals surface area (Å²) in [6.45, 7) is 9.66. The third-order valence-electron chi connectivity index (χ3n) is 7.23. The van der Waals surface area contributed by atoms with Crippen molar-refractivity contribution in [3.05, 3.63) is 51.1 Å². The molecule has 1 atom stereocenters. The van der Waals surface area contributed by atoms with Gasteiger partial charge in [0.2, 0.25) is 0 Å². The van der Waals surface area contributed by atoms with E-state index >= 15 is 0 Å². The van der Waals surface area contributed by atoms with E-state index in [1.165, 1.54) is 19.3 Å². The van der Waals surface area contributed by atoms with Crippen LogP contribution in [0.3, 0.4) is 0 Å². The summed E-state index contributed by atoms with van der Waals surface area (Å²) in [5, 5.41) is 23.7. The monoisotopic (exact) mass is 466 g/mol. The van der Waals surface area contributed by atoms with Crippen LogP contribution in [-0.2, 0) is 6.54 Å².